The molecule has 2 N–H and O–H groups in total. The lowest BCUT2D eigenvalue weighted by Crippen LogP contribution is -2.19. The minimum absolute atomic E-state index is 0.0596. The molecule has 0 amide bonds. The first-order valence-corrected chi connectivity index (χ1v) is 7.07. The van der Waals surface area contributed by atoms with E-state index in [0.717, 1.165) is 0 Å². The van der Waals surface area contributed by atoms with Crippen molar-refractivity contribution >= 4 is 40.3 Å². The highest BCUT2D eigenvalue weighted by molar-refractivity contribution is 7.80. The van der Waals surface area contributed by atoms with Gasteiger partial charge in [-0.25, -0.2) is 4.39 Å². The van der Waals surface area contributed by atoms with Crippen molar-refractivity contribution in [3.8, 4) is 11.5 Å². The van der Waals surface area contributed by atoms with Crippen molar-refractivity contribution in [3.63, 3.8) is 0 Å². The highest BCUT2D eigenvalue weighted by Crippen LogP contribution is 2.29. The number of nitrogens with one attached hydrogen (secondary N) is 2. The topological polar surface area (TPSA) is 42.5 Å². The summed E-state index contributed by atoms with van der Waals surface area (Å²) in [6, 6.07) is 9.65. The molecular formula is C15H14ClFN2O2S. The van der Waals surface area contributed by atoms with Gasteiger partial charge < -0.3 is 20.1 Å². The van der Waals surface area contributed by atoms with E-state index in [1.807, 2.05) is 0 Å². The molecule has 0 saturated carbocycles. The van der Waals surface area contributed by atoms with E-state index in [1.165, 1.54) is 12.1 Å². The summed E-state index contributed by atoms with van der Waals surface area (Å²) >= 11 is 10.8. The van der Waals surface area contributed by atoms with Gasteiger partial charge >= 0.3 is 0 Å². The molecule has 0 atom stereocenters. The number of ether oxygens (including phenoxy) is 2. The number of thiocarbonyl (C=S) groups is 1. The molecule has 0 bridgehead atoms. The van der Waals surface area contributed by atoms with Gasteiger partial charge in [0, 0.05) is 17.4 Å². The molecule has 0 aliphatic carbocycles. The van der Waals surface area contributed by atoms with Gasteiger partial charge in [0.2, 0.25) is 0 Å². The molecule has 0 aliphatic rings. The zero-order chi connectivity index (χ0) is 16.1. The summed E-state index contributed by atoms with van der Waals surface area (Å²) in [5.74, 6) is 0.681. The van der Waals surface area contributed by atoms with Crippen molar-refractivity contribution in [2.24, 2.45) is 0 Å². The first-order chi connectivity index (χ1) is 10.5. The van der Waals surface area contributed by atoms with Crippen LogP contribution in [0, 0.1) is 5.82 Å². The fourth-order valence-electron chi connectivity index (χ4n) is 1.78. The van der Waals surface area contributed by atoms with Crippen LogP contribution in [0.3, 0.4) is 0 Å². The molecule has 0 aromatic heterocycles. The maximum atomic E-state index is 13.4. The minimum atomic E-state index is -0.513. The predicted octanol–water partition coefficient (Wildman–Crippen LogP) is 4.31. The van der Waals surface area contributed by atoms with Crippen LogP contribution in [0.1, 0.15) is 0 Å². The summed E-state index contributed by atoms with van der Waals surface area (Å²) in [5, 5.41) is 6.23. The summed E-state index contributed by atoms with van der Waals surface area (Å²) in [6.07, 6.45) is 0. The van der Waals surface area contributed by atoms with E-state index in [9.17, 15) is 4.39 Å². The predicted molar refractivity (Wildman–Crippen MR) is 90.8 cm³/mol. The molecule has 7 heteroatoms. The smallest absolute Gasteiger partial charge is 0.175 e. The van der Waals surface area contributed by atoms with E-state index >= 15 is 0 Å². The molecule has 116 valence electrons. The fraction of sp³-hybridized carbons (Fsp3) is 0.133. The Morgan fingerprint density at radius 1 is 1.00 bits per heavy atom. The monoisotopic (exact) mass is 340 g/mol. The van der Waals surface area contributed by atoms with Gasteiger partial charge in [0.1, 0.15) is 5.82 Å². The number of hydrogen-bond donors (Lipinski definition) is 2. The second-order valence-corrected chi connectivity index (χ2v) is 5.09. The lowest BCUT2D eigenvalue weighted by molar-refractivity contribution is 0.355. The van der Waals surface area contributed by atoms with Crippen molar-refractivity contribution in [2.45, 2.75) is 0 Å². The molecule has 4 nitrogen and oxygen atoms in total. The van der Waals surface area contributed by atoms with Crippen LogP contribution in [0.4, 0.5) is 15.8 Å². The quantitative estimate of drug-likeness (QED) is 0.812. The Bertz CT molecular complexity index is 697. The second-order valence-electron chi connectivity index (χ2n) is 4.28. The lowest BCUT2D eigenvalue weighted by Gasteiger charge is -2.13. The highest BCUT2D eigenvalue weighted by Gasteiger charge is 2.07. The summed E-state index contributed by atoms with van der Waals surface area (Å²) in [4.78, 5) is 0. The molecule has 0 radical (unpaired) electrons. The van der Waals surface area contributed by atoms with Gasteiger partial charge in [0.25, 0.3) is 0 Å². The van der Waals surface area contributed by atoms with Crippen LogP contribution < -0.4 is 20.1 Å². The first kappa shape index (κ1) is 16.3. The number of anilines is 2. The number of methoxy groups -OCH3 is 2. The van der Waals surface area contributed by atoms with Gasteiger partial charge in [-0.1, -0.05) is 11.6 Å². The molecular weight excluding hydrogens is 327 g/mol. The Hall–Kier alpha value is -2.05. The Kier molecular flexibility index (Phi) is 5.41. The van der Waals surface area contributed by atoms with E-state index in [4.69, 9.17) is 33.3 Å². The van der Waals surface area contributed by atoms with Crippen LogP contribution in [-0.4, -0.2) is 19.3 Å². The maximum Gasteiger partial charge on any atom is 0.175 e. The molecule has 2 aromatic carbocycles. The average molecular weight is 341 g/mol. The van der Waals surface area contributed by atoms with Gasteiger partial charge in [0.05, 0.1) is 19.2 Å². The van der Waals surface area contributed by atoms with Crippen LogP contribution >= 0.6 is 23.8 Å². The zero-order valence-electron chi connectivity index (χ0n) is 11.9. The lowest BCUT2D eigenvalue weighted by atomic mass is 10.2. The molecule has 0 spiro atoms. The van der Waals surface area contributed by atoms with Crippen LogP contribution in [0.25, 0.3) is 0 Å². The van der Waals surface area contributed by atoms with Crippen molar-refractivity contribution in [1.82, 2.24) is 0 Å². The van der Waals surface area contributed by atoms with Gasteiger partial charge in [-0.2, -0.15) is 0 Å². The third kappa shape index (κ3) is 3.99. The molecule has 2 rings (SSSR count). The van der Waals surface area contributed by atoms with E-state index in [0.29, 0.717) is 28.0 Å². The fourth-order valence-corrected chi connectivity index (χ4v) is 2.13. The van der Waals surface area contributed by atoms with Gasteiger partial charge in [0.15, 0.2) is 16.6 Å². The van der Waals surface area contributed by atoms with E-state index in [2.05, 4.69) is 10.6 Å². The van der Waals surface area contributed by atoms with Crippen LogP contribution in [-0.2, 0) is 0 Å². The third-order valence-corrected chi connectivity index (χ3v) is 3.33. The Morgan fingerprint density at radius 2 is 1.59 bits per heavy atom. The Labute approximate surface area is 138 Å². The van der Waals surface area contributed by atoms with Gasteiger partial charge in [-0.3, -0.25) is 0 Å². The van der Waals surface area contributed by atoms with Crippen molar-refractivity contribution in [1.29, 1.82) is 0 Å². The number of benzene rings is 2. The molecule has 0 unspecified atom stereocenters. The molecule has 22 heavy (non-hydrogen) atoms. The van der Waals surface area contributed by atoms with E-state index in [-0.39, 0.29) is 5.02 Å². The summed E-state index contributed by atoms with van der Waals surface area (Å²) in [5.41, 5.74) is 1.21. The number of hydrogen-bond acceptors (Lipinski definition) is 3. The van der Waals surface area contributed by atoms with Crippen LogP contribution in [0.15, 0.2) is 36.4 Å². The molecule has 0 saturated heterocycles. The first-order valence-electron chi connectivity index (χ1n) is 6.28. The average Bonchev–Trinajstić information content (AvgIpc) is 2.50. The summed E-state index contributed by atoms with van der Waals surface area (Å²) < 4.78 is 23.7. The highest BCUT2D eigenvalue weighted by atomic mass is 35.5. The van der Waals surface area contributed by atoms with Crippen LogP contribution in [0.5, 0.6) is 11.5 Å². The molecule has 0 aliphatic heterocycles. The molecule has 2 aromatic rings. The third-order valence-electron chi connectivity index (χ3n) is 2.82. The standard InChI is InChI=1S/C15H14ClFN2O2S/c1-20-13-6-4-10(8-14(13)21-2)19-15(22)18-9-3-5-11(16)12(17)7-9/h3-8H,1-2H3,(H2,18,19,22). The van der Waals surface area contributed by atoms with E-state index in [1.54, 1.807) is 38.5 Å². The minimum Gasteiger partial charge on any atom is -0.493 e. The number of rotatable bonds is 4. The molecule has 0 heterocycles. The maximum absolute atomic E-state index is 13.4. The second kappa shape index (κ2) is 7.29. The van der Waals surface area contributed by atoms with Crippen molar-refractivity contribution < 1.29 is 13.9 Å². The SMILES string of the molecule is COc1ccc(NC(=S)Nc2ccc(Cl)c(F)c2)cc1OC. The molecule has 0 fully saturated rings. The van der Waals surface area contributed by atoms with Crippen molar-refractivity contribution in [2.75, 3.05) is 24.9 Å². The summed E-state index contributed by atoms with van der Waals surface area (Å²) in [6.45, 7) is 0. The normalized spacial score (nSPS) is 10.0. The largest absolute Gasteiger partial charge is 0.493 e. The van der Waals surface area contributed by atoms with E-state index < -0.39 is 5.82 Å². The Morgan fingerprint density at radius 3 is 2.18 bits per heavy atom. The number of halogens is 2. The van der Waals surface area contributed by atoms with Gasteiger partial charge in [-0.05, 0) is 42.5 Å². The Balaban J connectivity index is 2.07. The zero-order valence-corrected chi connectivity index (χ0v) is 13.5. The van der Waals surface area contributed by atoms with Gasteiger partial charge in [-0.15, -0.1) is 0 Å². The van der Waals surface area contributed by atoms with Crippen molar-refractivity contribution in [3.05, 3.63) is 47.2 Å². The summed E-state index contributed by atoms with van der Waals surface area (Å²) in [7, 11) is 3.11. The van der Waals surface area contributed by atoms with Crippen LogP contribution in [0.2, 0.25) is 5.02 Å².